The molecule has 0 aromatic carbocycles. The number of ether oxygens (including phenoxy) is 1. The Morgan fingerprint density at radius 3 is 2.81 bits per heavy atom. The third-order valence-corrected chi connectivity index (χ3v) is 10.1. The van der Waals surface area contributed by atoms with Gasteiger partial charge in [0.15, 0.2) is 11.6 Å². The molecule has 10 nitrogen and oxygen atoms in total. The Morgan fingerprint density at radius 1 is 1.40 bits per heavy atom. The van der Waals surface area contributed by atoms with Gasteiger partial charge >= 0.3 is 0 Å². The van der Waals surface area contributed by atoms with E-state index in [2.05, 4.69) is 61.7 Å². The molecule has 0 spiro atoms. The van der Waals surface area contributed by atoms with Crippen molar-refractivity contribution in [2.24, 2.45) is 4.99 Å². The number of carbonyl (C=O) groups excluding carboxylic acids is 1. The lowest BCUT2D eigenvalue weighted by Gasteiger charge is -2.46. The van der Waals surface area contributed by atoms with Crippen molar-refractivity contribution < 1.29 is 13.9 Å². The van der Waals surface area contributed by atoms with Gasteiger partial charge in [0.05, 0.1) is 41.4 Å². The lowest BCUT2D eigenvalue weighted by molar-refractivity contribution is -0.119. The van der Waals surface area contributed by atoms with Crippen LogP contribution in [0.4, 0.5) is 9.39 Å². The standard InChI is InChI=1S/C29H34FN8O2PS/c1-5-6-19(13(2)39)34-28-22-17-12-40-11-16(17)20(23-21-15(7-31)27(32)42-26(21)18(30)8-33-23)25(41)24(22)35-29(36-28)38-9-14(10-38)37(3)4/h8,14,19,24,34H,5-6,9-12,32,41H2,1-4H3,(H,35,36). The number of hydrogen-bond acceptors (Lipinski definition) is 11. The quantitative estimate of drug-likeness (QED) is 0.406. The summed E-state index contributed by atoms with van der Waals surface area (Å²) in [6.07, 6.45) is 2.74. The van der Waals surface area contributed by atoms with Gasteiger partial charge in [0.2, 0.25) is 5.96 Å². The maximum absolute atomic E-state index is 14.9. The first-order valence-electron chi connectivity index (χ1n) is 14.0. The molecule has 0 bridgehead atoms. The second-order valence-corrected chi connectivity index (χ2v) is 13.0. The zero-order chi connectivity index (χ0) is 29.9. The molecule has 2 aromatic rings. The lowest BCUT2D eigenvalue weighted by Crippen LogP contribution is -2.63. The summed E-state index contributed by atoms with van der Waals surface area (Å²) in [7, 11) is 6.98. The van der Waals surface area contributed by atoms with Crippen molar-refractivity contribution >= 4 is 53.0 Å². The van der Waals surface area contributed by atoms with Crippen LogP contribution in [0.2, 0.25) is 0 Å². The Labute approximate surface area is 250 Å². The normalized spacial score (nSPS) is 21.2. The van der Waals surface area contributed by atoms with Crippen molar-refractivity contribution in [1.82, 2.24) is 25.4 Å². The van der Waals surface area contributed by atoms with E-state index in [0.29, 0.717) is 41.5 Å². The van der Waals surface area contributed by atoms with Crippen molar-refractivity contribution in [1.29, 1.82) is 5.26 Å². The summed E-state index contributed by atoms with van der Waals surface area (Å²) >= 11 is 1.05. The van der Waals surface area contributed by atoms with Crippen LogP contribution >= 0.6 is 20.6 Å². The highest BCUT2D eigenvalue weighted by Gasteiger charge is 2.42. The number of nitrogens with one attached hydrogen (secondary N) is 2. The first-order chi connectivity index (χ1) is 20.1. The largest absolute Gasteiger partial charge is 0.389 e. The second-order valence-electron chi connectivity index (χ2n) is 11.3. The van der Waals surface area contributed by atoms with E-state index in [1.165, 1.54) is 6.20 Å². The molecule has 42 heavy (non-hydrogen) atoms. The van der Waals surface area contributed by atoms with Crippen molar-refractivity contribution in [3.05, 3.63) is 51.1 Å². The van der Waals surface area contributed by atoms with E-state index >= 15 is 0 Å². The van der Waals surface area contributed by atoms with Crippen molar-refractivity contribution in [2.45, 2.75) is 44.8 Å². The van der Waals surface area contributed by atoms with Crippen LogP contribution in [0.15, 0.2) is 39.0 Å². The van der Waals surface area contributed by atoms with Gasteiger partial charge in [-0.15, -0.1) is 20.6 Å². The molecule has 6 rings (SSSR count). The molecule has 4 aliphatic rings. The van der Waals surface area contributed by atoms with Gasteiger partial charge in [0, 0.05) is 35.7 Å². The van der Waals surface area contributed by atoms with Crippen LogP contribution in [0.25, 0.3) is 15.7 Å². The minimum atomic E-state index is -0.515. The number of Topliss-reactive ketones (excluding diaryl/α,β-unsaturated/α-hetero) is 1. The van der Waals surface area contributed by atoms with Crippen LogP contribution in [-0.2, 0) is 9.53 Å². The molecule has 2 aromatic heterocycles. The van der Waals surface area contributed by atoms with Crippen molar-refractivity contribution in [2.75, 3.05) is 46.1 Å². The van der Waals surface area contributed by atoms with Gasteiger partial charge in [-0.2, -0.15) is 5.26 Å². The number of ketones is 1. The van der Waals surface area contributed by atoms with Crippen LogP contribution in [0.1, 0.15) is 37.9 Å². The molecule has 13 heteroatoms. The zero-order valence-corrected chi connectivity index (χ0v) is 26.0. The van der Waals surface area contributed by atoms with Gasteiger partial charge in [-0.25, -0.2) is 9.38 Å². The molecular formula is C29H34FN8O2PS. The van der Waals surface area contributed by atoms with E-state index in [4.69, 9.17) is 15.5 Å². The molecule has 0 amide bonds. The number of nitriles is 1. The number of hydrogen-bond donors (Lipinski definition) is 3. The van der Waals surface area contributed by atoms with E-state index in [9.17, 15) is 14.4 Å². The number of nitrogens with two attached hydrogens (primary N) is 1. The number of likely N-dealkylation sites (tertiary alicyclic amines) is 1. The van der Waals surface area contributed by atoms with Gasteiger partial charge in [-0.3, -0.25) is 9.78 Å². The number of fused-ring (bicyclic) bond motifs is 3. The summed E-state index contributed by atoms with van der Waals surface area (Å²) in [6.45, 7) is 5.99. The highest BCUT2D eigenvalue weighted by Crippen LogP contribution is 2.49. The van der Waals surface area contributed by atoms with Crippen LogP contribution < -0.4 is 16.4 Å². The monoisotopic (exact) mass is 608 g/mol. The molecule has 220 valence electrons. The van der Waals surface area contributed by atoms with Crippen LogP contribution in [0.5, 0.6) is 0 Å². The summed E-state index contributed by atoms with van der Waals surface area (Å²) in [4.78, 5) is 26.8. The molecule has 1 fully saturated rings. The molecule has 5 heterocycles. The smallest absolute Gasteiger partial charge is 0.200 e. The average molecular weight is 609 g/mol. The lowest BCUT2D eigenvalue weighted by atomic mass is 9.82. The summed E-state index contributed by atoms with van der Waals surface area (Å²) in [5.74, 6) is 1.02. The number of halogens is 1. The number of nitrogens with zero attached hydrogens (tertiary/aromatic N) is 5. The molecule has 3 unspecified atom stereocenters. The first kappa shape index (κ1) is 28.7. The maximum atomic E-state index is 14.9. The molecular weight excluding hydrogens is 574 g/mol. The predicted octanol–water partition coefficient (Wildman–Crippen LogP) is 2.95. The Kier molecular flexibility index (Phi) is 7.56. The summed E-state index contributed by atoms with van der Waals surface area (Å²) in [5.41, 5.74) is 10.4. The zero-order valence-electron chi connectivity index (χ0n) is 24.0. The molecule has 0 radical (unpaired) electrons. The number of nitrogen functional groups attached to an aromatic ring is 1. The number of anilines is 1. The minimum absolute atomic E-state index is 0.0657. The fraction of sp³-hybridized carbons (Fsp3) is 0.448. The molecule has 1 aliphatic carbocycles. The Hall–Kier alpha value is -3.36. The van der Waals surface area contributed by atoms with Gasteiger partial charge in [-0.1, -0.05) is 13.3 Å². The number of pyridine rings is 1. The Morgan fingerprint density at radius 2 is 2.14 bits per heavy atom. The second kappa shape index (κ2) is 11.0. The summed E-state index contributed by atoms with van der Waals surface area (Å²) < 4.78 is 21.2. The van der Waals surface area contributed by atoms with Gasteiger partial charge < -0.3 is 30.9 Å². The summed E-state index contributed by atoms with van der Waals surface area (Å²) in [5, 5.41) is 18.5. The topological polar surface area (TPSA) is 132 Å². The number of guanidine groups is 1. The third kappa shape index (κ3) is 4.60. The molecule has 4 N–H and O–H groups in total. The molecule has 0 saturated carbocycles. The van der Waals surface area contributed by atoms with Crippen LogP contribution in [-0.4, -0.2) is 85.1 Å². The van der Waals surface area contributed by atoms with Gasteiger partial charge in [-0.05, 0) is 43.9 Å². The summed E-state index contributed by atoms with van der Waals surface area (Å²) in [6, 6.07) is 1.79. The molecule has 3 atom stereocenters. The van der Waals surface area contributed by atoms with E-state index in [0.717, 1.165) is 70.2 Å². The number of aliphatic imine (C=N–C) groups is 1. The van der Waals surface area contributed by atoms with Gasteiger partial charge in [0.25, 0.3) is 0 Å². The number of likely N-dealkylation sites (N-methyl/N-ethyl adjacent to an activating group) is 1. The number of rotatable bonds is 7. The Bertz CT molecular complexity index is 1660. The fourth-order valence-corrected chi connectivity index (χ4v) is 7.49. The van der Waals surface area contributed by atoms with Crippen molar-refractivity contribution in [3.8, 4) is 6.07 Å². The fourth-order valence-electron chi connectivity index (χ4n) is 6.02. The maximum Gasteiger partial charge on any atom is 0.200 e. The molecule has 3 aliphatic heterocycles. The van der Waals surface area contributed by atoms with E-state index in [1.807, 2.05) is 0 Å². The Balaban J connectivity index is 1.54. The predicted molar refractivity (Wildman–Crippen MR) is 166 cm³/mol. The van der Waals surface area contributed by atoms with Crippen LogP contribution in [0, 0.1) is 17.1 Å². The number of thiophene rings is 1. The minimum Gasteiger partial charge on any atom is -0.389 e. The van der Waals surface area contributed by atoms with Gasteiger partial charge in [0.1, 0.15) is 22.9 Å². The van der Waals surface area contributed by atoms with E-state index in [1.54, 1.807) is 6.92 Å². The number of aromatic nitrogens is 1. The average Bonchev–Trinajstić information content (AvgIpc) is 3.53. The van der Waals surface area contributed by atoms with E-state index in [-0.39, 0.29) is 22.4 Å². The van der Waals surface area contributed by atoms with E-state index < -0.39 is 11.9 Å². The van der Waals surface area contributed by atoms with Crippen LogP contribution in [0.3, 0.4) is 0 Å². The highest BCUT2D eigenvalue weighted by molar-refractivity contribution is 7.23. The number of carbonyl (C=O) groups is 1. The SMILES string of the molecule is CCCC(NC1=C2C3=C(COC3)C(c3ncc(F)c4sc(N)c(C#N)c34)=C(P)C2N=C(N2CC(N(C)C)C2)N1)C(C)=O. The first-order valence-corrected chi connectivity index (χ1v) is 15.4. The third-order valence-electron chi connectivity index (χ3n) is 8.42. The van der Waals surface area contributed by atoms with Crippen molar-refractivity contribution in [3.63, 3.8) is 0 Å². The molecule has 1 saturated heterocycles. The highest BCUT2D eigenvalue weighted by atomic mass is 32.1.